The Bertz CT molecular complexity index is 382. The van der Waals surface area contributed by atoms with Gasteiger partial charge in [0.1, 0.15) is 0 Å². The molecule has 146 valence electrons. The molecule has 0 aliphatic heterocycles. The highest BCUT2D eigenvalue weighted by Crippen LogP contribution is 2.13. The predicted molar refractivity (Wildman–Crippen MR) is 101 cm³/mol. The fraction of sp³-hybridized carbons (Fsp3) is 0.850. The van der Waals surface area contributed by atoms with E-state index in [9.17, 15) is 14.4 Å². The van der Waals surface area contributed by atoms with Gasteiger partial charge in [-0.05, 0) is 6.42 Å². The number of rotatable bonds is 17. The number of Topliss-reactive ketones (excluding diaryl/α,β-unsaturated/α-hetero) is 1. The van der Waals surface area contributed by atoms with E-state index in [1.165, 1.54) is 71.1 Å². The number of hydrogen-bond acceptors (Lipinski definition) is 3. The van der Waals surface area contributed by atoms with Gasteiger partial charge in [-0.2, -0.15) is 0 Å². The van der Waals surface area contributed by atoms with E-state index in [-0.39, 0.29) is 6.42 Å². The van der Waals surface area contributed by atoms with Gasteiger partial charge in [0, 0.05) is 13.3 Å². The summed E-state index contributed by atoms with van der Waals surface area (Å²) in [5.41, 5.74) is 0. The summed E-state index contributed by atoms with van der Waals surface area (Å²) in [6, 6.07) is -1.39. The summed E-state index contributed by atoms with van der Waals surface area (Å²) in [5.74, 6) is -2.19. The van der Waals surface area contributed by atoms with Crippen molar-refractivity contribution in [2.75, 3.05) is 0 Å². The van der Waals surface area contributed by atoms with Crippen molar-refractivity contribution in [3.8, 4) is 0 Å². The third kappa shape index (κ3) is 14.6. The Balaban J connectivity index is 3.49. The molecule has 5 heteroatoms. The second-order valence-electron chi connectivity index (χ2n) is 6.93. The number of unbranched alkanes of at least 4 members (excludes halogenated alkanes) is 12. The Labute approximate surface area is 153 Å². The zero-order chi connectivity index (χ0) is 18.9. The molecule has 2 N–H and O–H groups in total. The van der Waals surface area contributed by atoms with E-state index in [0.29, 0.717) is 6.42 Å². The van der Waals surface area contributed by atoms with E-state index >= 15 is 0 Å². The second kappa shape index (κ2) is 16.1. The van der Waals surface area contributed by atoms with Crippen molar-refractivity contribution in [3.05, 3.63) is 0 Å². The van der Waals surface area contributed by atoms with Gasteiger partial charge in [0.15, 0.2) is 11.8 Å². The lowest BCUT2D eigenvalue weighted by Crippen LogP contribution is -2.45. The molecule has 0 bridgehead atoms. The fourth-order valence-corrected chi connectivity index (χ4v) is 2.94. The second-order valence-corrected chi connectivity index (χ2v) is 6.93. The van der Waals surface area contributed by atoms with Crippen LogP contribution in [0.4, 0.5) is 0 Å². The van der Waals surface area contributed by atoms with Crippen LogP contribution < -0.4 is 5.32 Å². The topological polar surface area (TPSA) is 83.5 Å². The van der Waals surface area contributed by atoms with Crippen LogP contribution in [0.1, 0.15) is 104 Å². The van der Waals surface area contributed by atoms with E-state index in [2.05, 4.69) is 12.2 Å². The minimum Gasteiger partial charge on any atom is -0.479 e. The predicted octanol–water partition coefficient (Wildman–Crippen LogP) is 4.63. The largest absolute Gasteiger partial charge is 0.479 e. The van der Waals surface area contributed by atoms with Crippen molar-refractivity contribution in [1.29, 1.82) is 0 Å². The van der Waals surface area contributed by atoms with Crippen molar-refractivity contribution < 1.29 is 19.5 Å². The normalized spacial score (nSPS) is 11.9. The van der Waals surface area contributed by atoms with Crippen molar-refractivity contribution in [2.24, 2.45) is 0 Å². The molecule has 0 fully saturated rings. The third-order valence-electron chi connectivity index (χ3n) is 4.44. The third-order valence-corrected chi connectivity index (χ3v) is 4.44. The van der Waals surface area contributed by atoms with Crippen LogP contribution in [0.15, 0.2) is 0 Å². The number of carbonyl (C=O) groups is 3. The maximum absolute atomic E-state index is 11.8. The maximum Gasteiger partial charge on any atom is 0.334 e. The fourth-order valence-electron chi connectivity index (χ4n) is 2.94. The molecule has 1 amide bonds. The molecular weight excluding hydrogens is 318 g/mol. The molecule has 0 saturated heterocycles. The highest BCUT2D eigenvalue weighted by molar-refractivity contribution is 6.04. The number of hydrogen-bond donors (Lipinski definition) is 2. The van der Waals surface area contributed by atoms with Crippen molar-refractivity contribution in [2.45, 2.75) is 110 Å². The highest BCUT2D eigenvalue weighted by atomic mass is 16.4. The molecule has 25 heavy (non-hydrogen) atoms. The summed E-state index contributed by atoms with van der Waals surface area (Å²) in [6.45, 7) is 3.46. The van der Waals surface area contributed by atoms with Crippen LogP contribution in [0, 0.1) is 0 Å². The summed E-state index contributed by atoms with van der Waals surface area (Å²) in [5, 5.41) is 11.1. The number of ketones is 1. The van der Waals surface area contributed by atoms with E-state index in [4.69, 9.17) is 5.11 Å². The van der Waals surface area contributed by atoms with E-state index in [1.54, 1.807) is 0 Å². The number of amides is 1. The minimum atomic E-state index is -1.39. The average Bonchev–Trinajstić information content (AvgIpc) is 2.56. The number of carbonyl (C=O) groups excluding carboxylic acids is 2. The van der Waals surface area contributed by atoms with Crippen LogP contribution in [0.5, 0.6) is 0 Å². The highest BCUT2D eigenvalue weighted by Gasteiger charge is 2.25. The molecular formula is C20H37NO4. The van der Waals surface area contributed by atoms with Crippen molar-refractivity contribution in [1.82, 2.24) is 5.32 Å². The first kappa shape index (κ1) is 23.6. The van der Waals surface area contributed by atoms with Crippen LogP contribution in [-0.2, 0) is 14.4 Å². The molecule has 0 aromatic rings. The molecule has 1 unspecified atom stereocenters. The van der Waals surface area contributed by atoms with Gasteiger partial charge in [-0.25, -0.2) is 4.79 Å². The van der Waals surface area contributed by atoms with Crippen LogP contribution in [0.2, 0.25) is 0 Å². The zero-order valence-electron chi connectivity index (χ0n) is 16.1. The van der Waals surface area contributed by atoms with Crippen LogP contribution in [0.25, 0.3) is 0 Å². The van der Waals surface area contributed by atoms with Crippen LogP contribution >= 0.6 is 0 Å². The van der Waals surface area contributed by atoms with E-state index in [1.807, 2.05) is 0 Å². The Kier molecular flexibility index (Phi) is 15.2. The van der Waals surface area contributed by atoms with E-state index in [0.717, 1.165) is 12.8 Å². The molecule has 0 aromatic heterocycles. The Morgan fingerprint density at radius 3 is 1.52 bits per heavy atom. The lowest BCUT2D eigenvalue weighted by atomic mass is 10.0. The van der Waals surface area contributed by atoms with Gasteiger partial charge in [0.05, 0.1) is 0 Å². The van der Waals surface area contributed by atoms with Gasteiger partial charge in [-0.15, -0.1) is 0 Å². The van der Waals surface area contributed by atoms with Gasteiger partial charge in [0.25, 0.3) is 0 Å². The summed E-state index contributed by atoms with van der Waals surface area (Å²) >= 11 is 0. The Hall–Kier alpha value is -1.39. The number of nitrogens with one attached hydrogen (secondary N) is 1. The Morgan fingerprint density at radius 1 is 0.760 bits per heavy atom. The standard InChI is InChI=1S/C20H37NO4/c1-3-4-5-6-7-8-9-10-11-12-13-14-15-16-18(23)19(20(24)25)21-17(2)22/h19H,3-16H2,1-2H3,(H,21,22)(H,24,25). The molecule has 1 atom stereocenters. The van der Waals surface area contributed by atoms with Gasteiger partial charge in [0.2, 0.25) is 5.91 Å². The van der Waals surface area contributed by atoms with Gasteiger partial charge in [-0.3, -0.25) is 9.59 Å². The molecule has 0 aliphatic carbocycles. The number of carboxylic acid groups (broad SMARTS) is 1. The van der Waals surface area contributed by atoms with Crippen molar-refractivity contribution >= 4 is 17.7 Å². The van der Waals surface area contributed by atoms with Crippen LogP contribution in [0.3, 0.4) is 0 Å². The SMILES string of the molecule is CCCCCCCCCCCCCCCC(=O)C(NC(C)=O)C(=O)O. The average molecular weight is 356 g/mol. The van der Waals surface area contributed by atoms with Gasteiger partial charge in [-0.1, -0.05) is 84.0 Å². The van der Waals surface area contributed by atoms with Gasteiger partial charge >= 0.3 is 5.97 Å². The summed E-state index contributed by atoms with van der Waals surface area (Å²) in [6.07, 6.45) is 16.1. The number of carboxylic acids is 1. The van der Waals surface area contributed by atoms with Gasteiger partial charge < -0.3 is 10.4 Å². The molecule has 0 aromatic carbocycles. The molecule has 0 heterocycles. The van der Waals surface area contributed by atoms with Crippen molar-refractivity contribution in [3.63, 3.8) is 0 Å². The lowest BCUT2D eigenvalue weighted by molar-refractivity contribution is -0.145. The summed E-state index contributed by atoms with van der Waals surface area (Å²) in [4.78, 5) is 33.7. The summed E-state index contributed by atoms with van der Waals surface area (Å²) in [7, 11) is 0. The molecule has 0 rings (SSSR count). The minimum absolute atomic E-state index is 0.217. The molecule has 0 spiro atoms. The van der Waals surface area contributed by atoms with E-state index < -0.39 is 23.7 Å². The monoisotopic (exact) mass is 355 g/mol. The molecule has 0 radical (unpaired) electrons. The summed E-state index contributed by atoms with van der Waals surface area (Å²) < 4.78 is 0. The van der Waals surface area contributed by atoms with Crippen LogP contribution in [-0.4, -0.2) is 28.8 Å². The molecule has 0 saturated carbocycles. The molecule has 0 aliphatic rings. The first-order valence-corrected chi connectivity index (χ1v) is 10.0. The number of aliphatic carboxylic acids is 1. The smallest absolute Gasteiger partial charge is 0.334 e. The zero-order valence-corrected chi connectivity index (χ0v) is 16.1. The Morgan fingerprint density at radius 2 is 1.16 bits per heavy atom. The maximum atomic E-state index is 11.8. The first-order chi connectivity index (χ1) is 12.0. The molecule has 5 nitrogen and oxygen atoms in total. The quantitative estimate of drug-likeness (QED) is 0.294. The first-order valence-electron chi connectivity index (χ1n) is 10.0. The lowest BCUT2D eigenvalue weighted by Gasteiger charge is -2.11.